The van der Waals surface area contributed by atoms with Crippen LogP contribution in [-0.4, -0.2) is 37.6 Å². The van der Waals surface area contributed by atoms with Crippen LogP contribution in [0.25, 0.3) is 6.08 Å². The van der Waals surface area contributed by atoms with Crippen molar-refractivity contribution >= 4 is 52.6 Å². The monoisotopic (exact) mass is 622 g/mol. The predicted octanol–water partition coefficient (Wildman–Crippen LogP) is 6.45. The molecule has 12 heteroatoms. The van der Waals surface area contributed by atoms with Crippen molar-refractivity contribution in [3.63, 3.8) is 0 Å². The Morgan fingerprint density at radius 2 is 1.45 bits per heavy atom. The second-order valence-corrected chi connectivity index (χ2v) is 10.6. The van der Waals surface area contributed by atoms with E-state index in [0.29, 0.717) is 21.7 Å². The van der Waals surface area contributed by atoms with Gasteiger partial charge >= 0.3 is 0 Å². The van der Waals surface area contributed by atoms with Crippen molar-refractivity contribution in [3.8, 4) is 0 Å². The molecule has 0 aliphatic heterocycles. The van der Waals surface area contributed by atoms with Crippen LogP contribution in [0.4, 0.5) is 34.6 Å². The number of anilines is 3. The molecule has 7 nitrogen and oxygen atoms in total. The van der Waals surface area contributed by atoms with E-state index in [1.165, 1.54) is 6.08 Å². The third-order valence-electron chi connectivity index (χ3n) is 6.09. The van der Waals surface area contributed by atoms with Crippen LogP contribution in [-0.2, 0) is 9.59 Å². The number of hydrogen-bond acceptors (Lipinski definition) is 5. The molecule has 0 saturated heterocycles. The third-order valence-corrected chi connectivity index (χ3v) is 7.08. The minimum atomic E-state index is -1.72. The normalized spacial score (nSPS) is 11.1. The molecule has 4 aromatic carbocycles. The summed E-state index contributed by atoms with van der Waals surface area (Å²) in [4.78, 5) is 40.9. The molecule has 44 heavy (non-hydrogen) atoms. The Kier molecular flexibility index (Phi) is 10.4. The van der Waals surface area contributed by atoms with Crippen LogP contribution in [0.5, 0.6) is 0 Å². The van der Waals surface area contributed by atoms with Crippen molar-refractivity contribution in [3.05, 3.63) is 125 Å². The van der Waals surface area contributed by atoms with Crippen LogP contribution in [0.15, 0.2) is 95.5 Å². The summed E-state index contributed by atoms with van der Waals surface area (Å²) in [5.41, 5.74) is 1.04. The van der Waals surface area contributed by atoms with E-state index in [4.69, 9.17) is 0 Å². The summed E-state index contributed by atoms with van der Waals surface area (Å²) in [6, 6.07) is 22.1. The van der Waals surface area contributed by atoms with Gasteiger partial charge in [0.25, 0.3) is 11.8 Å². The van der Waals surface area contributed by atoms with Gasteiger partial charge in [-0.15, -0.1) is 11.8 Å². The molecule has 3 amide bonds. The highest BCUT2D eigenvalue weighted by molar-refractivity contribution is 8.00. The van der Waals surface area contributed by atoms with Gasteiger partial charge in [-0.1, -0.05) is 36.4 Å². The van der Waals surface area contributed by atoms with Crippen LogP contribution in [0.1, 0.15) is 15.9 Å². The van der Waals surface area contributed by atoms with Gasteiger partial charge < -0.3 is 20.9 Å². The zero-order chi connectivity index (χ0) is 31.8. The van der Waals surface area contributed by atoms with Gasteiger partial charge in [0.15, 0.2) is 23.3 Å². The fourth-order valence-corrected chi connectivity index (χ4v) is 4.60. The van der Waals surface area contributed by atoms with E-state index >= 15 is 0 Å². The predicted molar refractivity (Wildman–Crippen MR) is 163 cm³/mol. The first kappa shape index (κ1) is 31.8. The van der Waals surface area contributed by atoms with Crippen molar-refractivity contribution < 1.29 is 31.9 Å². The van der Waals surface area contributed by atoms with E-state index in [-0.39, 0.29) is 17.5 Å². The number of thioether (sulfide) groups is 1. The summed E-state index contributed by atoms with van der Waals surface area (Å²) in [6.07, 6.45) is 1.53. The number of benzene rings is 4. The first-order valence-corrected chi connectivity index (χ1v) is 14.0. The maximum absolute atomic E-state index is 13.9. The minimum absolute atomic E-state index is 0.0275. The van der Waals surface area contributed by atoms with Crippen LogP contribution in [0, 0.1) is 23.3 Å². The van der Waals surface area contributed by atoms with Crippen molar-refractivity contribution in [2.24, 2.45) is 0 Å². The Morgan fingerprint density at radius 3 is 2.09 bits per heavy atom. The summed E-state index contributed by atoms with van der Waals surface area (Å²) in [7, 11) is 3.79. The van der Waals surface area contributed by atoms with Gasteiger partial charge in [0.2, 0.25) is 5.91 Å². The Bertz CT molecular complexity index is 1690. The number of halogens is 4. The maximum atomic E-state index is 13.9. The average molecular weight is 623 g/mol. The molecular weight excluding hydrogens is 596 g/mol. The van der Waals surface area contributed by atoms with Gasteiger partial charge in [0, 0.05) is 42.0 Å². The lowest BCUT2D eigenvalue weighted by Crippen LogP contribution is -2.30. The van der Waals surface area contributed by atoms with Crippen molar-refractivity contribution in [1.29, 1.82) is 0 Å². The highest BCUT2D eigenvalue weighted by Crippen LogP contribution is 2.26. The van der Waals surface area contributed by atoms with Gasteiger partial charge in [-0.2, -0.15) is 0 Å². The Balaban J connectivity index is 1.48. The fraction of sp³-hybridized carbons (Fsp3) is 0.0938. The van der Waals surface area contributed by atoms with Gasteiger partial charge in [-0.25, -0.2) is 17.6 Å². The van der Waals surface area contributed by atoms with Crippen LogP contribution < -0.4 is 20.9 Å². The number of rotatable bonds is 10. The molecule has 0 atom stereocenters. The Labute approximate surface area is 255 Å². The summed E-state index contributed by atoms with van der Waals surface area (Å²) in [6.45, 7) is 0. The molecule has 0 saturated carbocycles. The number of carbonyl (C=O) groups is 3. The van der Waals surface area contributed by atoms with Crippen molar-refractivity contribution in [2.45, 2.75) is 4.90 Å². The van der Waals surface area contributed by atoms with Gasteiger partial charge in [-0.05, 0) is 54.1 Å². The molecule has 0 unspecified atom stereocenters. The molecule has 4 aromatic rings. The summed E-state index contributed by atoms with van der Waals surface area (Å²) >= 11 is 0.948. The van der Waals surface area contributed by atoms with Gasteiger partial charge in [-0.3, -0.25) is 14.4 Å². The van der Waals surface area contributed by atoms with E-state index in [2.05, 4.69) is 10.6 Å². The highest BCUT2D eigenvalue weighted by atomic mass is 32.2. The molecule has 0 radical (unpaired) electrons. The number of carbonyl (C=O) groups excluding carboxylic acids is 3. The lowest BCUT2D eigenvalue weighted by atomic mass is 10.1. The SMILES string of the molecule is CN(C)c1ccc(/C=C(/NC(=O)c2ccccc2)C(=O)Nc2cccc(SCC(=O)Nc3c(F)c(F)cc(F)c3F)c2)cc1. The van der Waals surface area contributed by atoms with Crippen LogP contribution in [0.3, 0.4) is 0 Å². The zero-order valence-corrected chi connectivity index (χ0v) is 24.3. The van der Waals surface area contributed by atoms with Crippen molar-refractivity contribution in [1.82, 2.24) is 5.32 Å². The Hall–Kier alpha value is -5.10. The number of nitrogens with zero attached hydrogens (tertiary/aromatic N) is 1. The largest absolute Gasteiger partial charge is 0.378 e. The number of hydrogen-bond donors (Lipinski definition) is 3. The Morgan fingerprint density at radius 1 is 0.795 bits per heavy atom. The summed E-state index contributed by atoms with van der Waals surface area (Å²) < 4.78 is 54.7. The molecular formula is C32H26F4N4O3S. The first-order chi connectivity index (χ1) is 21.0. The molecule has 0 aliphatic carbocycles. The standard InChI is InChI=1S/C32H26F4N4O3S/c1-40(2)22-13-11-19(12-14-22)15-26(38-31(42)20-7-4-3-5-8-20)32(43)37-21-9-6-10-23(16-21)44-18-27(41)39-30-28(35)24(33)17-25(34)29(30)36/h3-17H,18H2,1-2H3,(H,37,43)(H,38,42)(H,39,41)/b26-15+. The maximum Gasteiger partial charge on any atom is 0.272 e. The average Bonchev–Trinajstić information content (AvgIpc) is 3.01. The molecule has 226 valence electrons. The van der Waals surface area contributed by atoms with E-state index < -0.39 is 46.7 Å². The molecule has 0 spiro atoms. The second-order valence-electron chi connectivity index (χ2n) is 9.53. The van der Waals surface area contributed by atoms with E-state index in [9.17, 15) is 31.9 Å². The summed E-state index contributed by atoms with van der Waals surface area (Å²) in [5.74, 6) is -9.11. The van der Waals surface area contributed by atoms with Gasteiger partial charge in [0.1, 0.15) is 11.4 Å². The fourth-order valence-electron chi connectivity index (χ4n) is 3.85. The molecule has 4 rings (SSSR count). The highest BCUT2D eigenvalue weighted by Gasteiger charge is 2.21. The number of amides is 3. The van der Waals surface area contributed by atoms with Crippen molar-refractivity contribution in [2.75, 3.05) is 35.4 Å². The second kappa shape index (κ2) is 14.4. The lowest BCUT2D eigenvalue weighted by molar-refractivity contribution is -0.114. The van der Waals surface area contributed by atoms with E-state index in [1.807, 2.05) is 36.4 Å². The van der Waals surface area contributed by atoms with Gasteiger partial charge in [0.05, 0.1) is 5.75 Å². The minimum Gasteiger partial charge on any atom is -0.378 e. The molecule has 3 N–H and O–H groups in total. The summed E-state index contributed by atoms with van der Waals surface area (Å²) in [5, 5.41) is 7.23. The quantitative estimate of drug-likeness (QED) is 0.0819. The van der Waals surface area contributed by atoms with Crippen LogP contribution >= 0.6 is 11.8 Å². The molecule has 0 fully saturated rings. The topological polar surface area (TPSA) is 90.5 Å². The van der Waals surface area contributed by atoms with E-state index in [1.54, 1.807) is 66.7 Å². The lowest BCUT2D eigenvalue weighted by Gasteiger charge is -2.14. The molecule has 0 bridgehead atoms. The number of nitrogens with one attached hydrogen (secondary N) is 3. The smallest absolute Gasteiger partial charge is 0.272 e. The molecule has 0 heterocycles. The van der Waals surface area contributed by atoms with E-state index in [0.717, 1.165) is 17.4 Å². The third kappa shape index (κ3) is 8.26. The molecule has 0 aliphatic rings. The molecule has 0 aromatic heterocycles. The first-order valence-electron chi connectivity index (χ1n) is 13.0. The zero-order valence-electron chi connectivity index (χ0n) is 23.5. The van der Waals surface area contributed by atoms with Crippen LogP contribution in [0.2, 0.25) is 0 Å².